The minimum absolute atomic E-state index is 0. The number of piperidine rings is 2. The van der Waals surface area contributed by atoms with Crippen molar-refractivity contribution in [1.29, 1.82) is 0 Å². The summed E-state index contributed by atoms with van der Waals surface area (Å²) in [5.74, 6) is -4.11. The highest BCUT2D eigenvalue weighted by molar-refractivity contribution is 6.00. The van der Waals surface area contributed by atoms with Gasteiger partial charge in [-0.05, 0) is 146 Å². The number of carboxylic acid groups (broad SMARTS) is 1. The molecule has 2 aliphatic heterocycles. The lowest BCUT2D eigenvalue weighted by molar-refractivity contribution is -0.153. The number of amides is 8. The molecule has 25 heteroatoms. The van der Waals surface area contributed by atoms with E-state index in [-0.39, 0.29) is 106 Å². The fourth-order valence-corrected chi connectivity index (χ4v) is 15.9. The SMILES string of the molecule is CC(C)(C)[C@H](NC(=O)[C@@H](NC(=O)c1ccccn1)C1CCCCC1)C(=O)N1C[C@H]2[C@@H]([C@H]1C(=O)O)C2(C)C.CCC[C@H](N)C(O)C(=O)NC1CC1.CCC[C@H](NC(=O)[C@@H]1[C@@H]2[C@H](CN1C(=O)[C@@H](NC(=O)[C@@H](NC(=O)c1ccccn1)C1CCCCC1)C(C)(C)C)C2(C)C)C(O)C(=O)CC1CC1.Cl. The number of carbonyl (C=O) groups is 10. The number of nitrogens with zero attached hydrogens (tertiary/aromatic N) is 4. The fourth-order valence-electron chi connectivity index (χ4n) is 15.9. The van der Waals surface area contributed by atoms with Gasteiger partial charge in [0.2, 0.25) is 29.5 Å². The Morgan fingerprint density at radius 3 is 1.38 bits per heavy atom. The third-order valence-corrected chi connectivity index (χ3v) is 22.5. The van der Waals surface area contributed by atoms with E-state index in [1.807, 2.05) is 69.2 Å². The van der Waals surface area contributed by atoms with Crippen molar-refractivity contribution in [3.8, 4) is 0 Å². The number of rotatable bonds is 26. The highest BCUT2D eigenvalue weighted by atomic mass is 35.5. The number of carboxylic acids is 1. The maximum absolute atomic E-state index is 14.6. The number of carbonyl (C=O) groups excluding carboxylic acids is 9. The van der Waals surface area contributed by atoms with Gasteiger partial charge in [-0.15, -0.1) is 12.4 Å². The number of ketones is 1. The third-order valence-electron chi connectivity index (χ3n) is 22.5. The number of aliphatic hydroxyl groups excluding tert-OH is 2. The van der Waals surface area contributed by atoms with Crippen LogP contribution in [0.2, 0.25) is 0 Å². The lowest BCUT2D eigenvalue weighted by Crippen LogP contribution is -2.63. The van der Waals surface area contributed by atoms with Crippen LogP contribution in [0.1, 0.15) is 226 Å². The Labute approximate surface area is 597 Å². The molecule has 4 heterocycles. The van der Waals surface area contributed by atoms with E-state index >= 15 is 0 Å². The Balaban J connectivity index is 0.000000242. The van der Waals surface area contributed by atoms with Crippen LogP contribution in [0.3, 0.4) is 0 Å². The first-order valence-corrected chi connectivity index (χ1v) is 36.8. The van der Waals surface area contributed by atoms with Crippen LogP contribution in [-0.4, -0.2) is 174 Å². The Kier molecular flexibility index (Phi) is 27.5. The van der Waals surface area contributed by atoms with E-state index < -0.39 is 101 Å². The molecule has 6 saturated carbocycles. The Morgan fingerprint density at radius 2 is 1.00 bits per heavy atom. The van der Waals surface area contributed by atoms with Gasteiger partial charge in [0.15, 0.2) is 5.78 Å². The monoisotopic (exact) mass is 1410 g/mol. The number of likely N-dealkylation sites (tertiary alicyclic amines) is 2. The minimum atomic E-state index is -1.29. The van der Waals surface area contributed by atoms with Crippen LogP contribution in [0.4, 0.5) is 0 Å². The van der Waals surface area contributed by atoms with Gasteiger partial charge < -0.3 is 62.8 Å². The first kappa shape index (κ1) is 80.7. The molecule has 6 aliphatic carbocycles. The second-order valence-corrected chi connectivity index (χ2v) is 33.0. The van der Waals surface area contributed by atoms with Gasteiger partial charge in [0, 0.05) is 49.9 Å². The minimum Gasteiger partial charge on any atom is -0.480 e. The smallest absolute Gasteiger partial charge is 0.326 e. The predicted octanol–water partition coefficient (Wildman–Crippen LogP) is 6.82. The van der Waals surface area contributed by atoms with Gasteiger partial charge in [0.25, 0.3) is 17.7 Å². The summed E-state index contributed by atoms with van der Waals surface area (Å²) in [7, 11) is 0. The number of nitrogens with one attached hydrogen (secondary N) is 6. The number of nitrogens with two attached hydrogens (primary N) is 1. The summed E-state index contributed by atoms with van der Waals surface area (Å²) in [5, 5.41) is 47.9. The van der Waals surface area contributed by atoms with E-state index in [2.05, 4.69) is 55.7 Å². The van der Waals surface area contributed by atoms with Crippen molar-refractivity contribution in [1.82, 2.24) is 51.7 Å². The van der Waals surface area contributed by atoms with Crippen LogP contribution in [0.15, 0.2) is 48.8 Å². The largest absolute Gasteiger partial charge is 0.480 e. The molecule has 10 rings (SSSR count). The molecule has 0 bridgehead atoms. The number of fused-ring (bicyclic) bond motifs is 2. The summed E-state index contributed by atoms with van der Waals surface area (Å²) in [4.78, 5) is 144. The van der Waals surface area contributed by atoms with Crippen LogP contribution < -0.4 is 37.6 Å². The molecule has 14 atom stereocenters. The van der Waals surface area contributed by atoms with Crippen molar-refractivity contribution in [3.63, 3.8) is 0 Å². The maximum Gasteiger partial charge on any atom is 0.326 e. The molecule has 2 unspecified atom stereocenters. The van der Waals surface area contributed by atoms with Crippen LogP contribution in [0, 0.1) is 63.1 Å². The summed E-state index contributed by atoms with van der Waals surface area (Å²) in [6.45, 7) is 24.2. The third kappa shape index (κ3) is 20.0. The van der Waals surface area contributed by atoms with Crippen molar-refractivity contribution in [2.24, 2.45) is 68.8 Å². The zero-order valence-corrected chi connectivity index (χ0v) is 61.9. The molecule has 0 aromatic carbocycles. The highest BCUT2D eigenvalue weighted by Gasteiger charge is 2.71. The molecule has 0 radical (unpaired) electrons. The van der Waals surface area contributed by atoms with E-state index in [1.54, 1.807) is 41.3 Å². The summed E-state index contributed by atoms with van der Waals surface area (Å²) in [6, 6.07) is 3.95. The first-order valence-electron chi connectivity index (χ1n) is 36.8. The standard InChI is InChI=1S/C38H57N5O6.C28H40N4O5.C9H18N2O2.ClH/c1-7-13-25(31(45)27(44)20-22-17-18-22)40-35(48)30-28-24(38(28,5)6)21-43(30)36(49)32(37(2,3)4)42-34(47)29(23-14-9-8-10-15-23)41-33(46)26-16-11-12-19-39-26;1-27(2,3)22(25(35)32-15-17-19(28(17,4)5)21(32)26(36)37)31-24(34)20(16-11-7-6-8-12-16)30-23(33)18-13-9-10-14-29-18;1-2-3-7(10)8(12)9(13)11-6-4-5-6;/h11-12,16,19,22-25,28-32,45H,7-10,13-15,17-18,20-21H2,1-6H3,(H,40,48)(H,41,46)(H,42,47);9-10,13-14,16-17,19-22H,6-8,11-12,15H2,1-5H3,(H,30,33)(H,31,34)(H,36,37);6-8,12H,2-5,10H2,1H3,(H,11,13);1H/t24-,25-,28-,29-,30-,31?,32+;17-,19-,20-,21-,22+;7-,8?;/m000./s1. The molecule has 8 fully saturated rings. The molecule has 0 spiro atoms. The molecule has 24 nitrogen and oxygen atoms in total. The Bertz CT molecular complexity index is 3180. The van der Waals surface area contributed by atoms with Crippen LogP contribution in [0.25, 0.3) is 0 Å². The second kappa shape index (κ2) is 34.1. The molecule has 2 aromatic heterocycles. The average Bonchev–Trinajstić information content (AvgIpc) is 1.53. The molecule has 11 N–H and O–H groups in total. The van der Waals surface area contributed by atoms with Gasteiger partial charge in [-0.1, -0.05) is 147 Å². The van der Waals surface area contributed by atoms with Gasteiger partial charge in [0.05, 0.1) is 6.04 Å². The number of aliphatic hydroxyl groups is 2. The lowest BCUT2D eigenvalue weighted by Gasteiger charge is -2.39. The topological polar surface area (TPSA) is 362 Å². The number of halogens is 1. The molecular formula is C75H116ClN11O13. The normalized spacial score (nSPS) is 25.1. The van der Waals surface area contributed by atoms with Crippen molar-refractivity contribution in [3.05, 3.63) is 60.2 Å². The molecule has 8 aliphatic rings. The Hall–Kier alpha value is -6.63. The molecule has 2 aromatic rings. The quantitative estimate of drug-likeness (QED) is 0.0462. The van der Waals surface area contributed by atoms with Gasteiger partial charge >= 0.3 is 5.97 Å². The maximum atomic E-state index is 14.6. The van der Waals surface area contributed by atoms with E-state index in [0.717, 1.165) is 96.3 Å². The number of Topliss-reactive ketones (excluding diaryl/α,β-unsaturated/α-hetero) is 1. The lowest BCUT2D eigenvalue weighted by atomic mass is 9.82. The van der Waals surface area contributed by atoms with Crippen molar-refractivity contribution in [2.45, 2.75) is 272 Å². The van der Waals surface area contributed by atoms with Crippen molar-refractivity contribution in [2.75, 3.05) is 13.1 Å². The van der Waals surface area contributed by atoms with Crippen LogP contribution >= 0.6 is 12.4 Å². The first-order chi connectivity index (χ1) is 46.6. The number of pyridine rings is 2. The van der Waals surface area contributed by atoms with Gasteiger partial charge in [-0.2, -0.15) is 0 Å². The van der Waals surface area contributed by atoms with Gasteiger partial charge in [-0.3, -0.25) is 53.1 Å². The van der Waals surface area contributed by atoms with E-state index in [1.165, 1.54) is 17.3 Å². The zero-order chi connectivity index (χ0) is 72.6. The van der Waals surface area contributed by atoms with Gasteiger partial charge in [-0.25, -0.2) is 4.79 Å². The summed E-state index contributed by atoms with van der Waals surface area (Å²) >= 11 is 0. The number of aromatic nitrogens is 2. The van der Waals surface area contributed by atoms with E-state index in [9.17, 15) is 63.3 Å². The molecule has 2 saturated heterocycles. The van der Waals surface area contributed by atoms with E-state index in [4.69, 9.17) is 5.73 Å². The molecule has 556 valence electrons. The Morgan fingerprint density at radius 1 is 0.570 bits per heavy atom. The molecule has 100 heavy (non-hydrogen) atoms. The number of hydrogen-bond donors (Lipinski definition) is 10. The zero-order valence-electron chi connectivity index (χ0n) is 61.1. The summed E-state index contributed by atoms with van der Waals surface area (Å²) in [5.41, 5.74) is 4.41. The average molecular weight is 1420 g/mol. The van der Waals surface area contributed by atoms with Crippen LogP contribution in [-0.2, 0) is 38.4 Å². The number of hydrogen-bond acceptors (Lipinski definition) is 15. The van der Waals surface area contributed by atoms with E-state index in [0.29, 0.717) is 44.7 Å². The summed E-state index contributed by atoms with van der Waals surface area (Å²) in [6.07, 6.45) is 17.0. The predicted molar refractivity (Wildman–Crippen MR) is 380 cm³/mol. The van der Waals surface area contributed by atoms with Crippen molar-refractivity contribution >= 4 is 71.4 Å². The molecule has 8 amide bonds. The van der Waals surface area contributed by atoms with Crippen LogP contribution in [0.5, 0.6) is 0 Å². The molecular weight excluding hydrogens is 1300 g/mol. The van der Waals surface area contributed by atoms with Crippen molar-refractivity contribution < 1.29 is 63.3 Å². The second-order valence-electron chi connectivity index (χ2n) is 33.0. The fraction of sp³-hybridized carbons (Fsp3) is 0.733. The van der Waals surface area contributed by atoms with Gasteiger partial charge in [0.1, 0.15) is 59.8 Å². The highest BCUT2D eigenvalue weighted by Crippen LogP contribution is 2.66. The number of aliphatic carboxylic acids is 1. The summed E-state index contributed by atoms with van der Waals surface area (Å²) < 4.78 is 0.